The van der Waals surface area contributed by atoms with Crippen molar-refractivity contribution in [3.05, 3.63) is 30.3 Å². The molecule has 4 amide bonds. The SMILES string of the molecule is O=C1NC(=O)N(c2ccccc2)C(=O)[C@H]1C=NCC[NH+]1CC[NH2+]CC1. The number of quaternary nitrogens is 2. The second kappa shape index (κ2) is 8.00. The van der Waals surface area contributed by atoms with Gasteiger partial charge in [-0.15, -0.1) is 0 Å². The minimum atomic E-state index is -1.07. The maximum absolute atomic E-state index is 12.6. The number of aliphatic imine (C=N–C) groups is 1. The third-order valence-electron chi connectivity index (χ3n) is 4.47. The second-order valence-electron chi connectivity index (χ2n) is 6.20. The first-order valence-electron chi connectivity index (χ1n) is 8.56. The first-order chi connectivity index (χ1) is 12.2. The molecule has 2 aliphatic heterocycles. The lowest BCUT2D eigenvalue weighted by atomic mass is 10.1. The Hall–Kier alpha value is -2.58. The molecule has 25 heavy (non-hydrogen) atoms. The van der Waals surface area contributed by atoms with E-state index in [2.05, 4.69) is 15.6 Å². The Kier molecular flexibility index (Phi) is 5.52. The average Bonchev–Trinajstić information content (AvgIpc) is 2.62. The van der Waals surface area contributed by atoms with Gasteiger partial charge in [-0.2, -0.15) is 0 Å². The van der Waals surface area contributed by atoms with E-state index in [1.54, 1.807) is 30.3 Å². The monoisotopic (exact) mass is 345 g/mol. The average molecular weight is 345 g/mol. The van der Waals surface area contributed by atoms with Crippen LogP contribution >= 0.6 is 0 Å². The number of amides is 4. The molecular formula is C17H23N5O3+2. The number of hydrogen-bond donors (Lipinski definition) is 3. The summed E-state index contributed by atoms with van der Waals surface area (Å²) in [7, 11) is 0. The number of hydrogen-bond acceptors (Lipinski definition) is 4. The van der Waals surface area contributed by atoms with Crippen molar-refractivity contribution in [3.8, 4) is 0 Å². The molecule has 0 aliphatic carbocycles. The summed E-state index contributed by atoms with van der Waals surface area (Å²) in [6.45, 7) is 5.90. The van der Waals surface area contributed by atoms with Crippen molar-refractivity contribution in [2.24, 2.45) is 10.9 Å². The molecule has 0 radical (unpaired) electrons. The van der Waals surface area contributed by atoms with E-state index in [9.17, 15) is 14.4 Å². The van der Waals surface area contributed by atoms with Crippen LogP contribution in [0.15, 0.2) is 35.3 Å². The molecule has 4 N–H and O–H groups in total. The first-order valence-corrected chi connectivity index (χ1v) is 8.56. The van der Waals surface area contributed by atoms with Crippen LogP contribution in [0.2, 0.25) is 0 Å². The van der Waals surface area contributed by atoms with Gasteiger partial charge in [0.25, 0.3) is 5.91 Å². The van der Waals surface area contributed by atoms with Crippen molar-refractivity contribution in [2.75, 3.05) is 44.2 Å². The first kappa shape index (κ1) is 17.2. The predicted octanol–water partition coefficient (Wildman–Crippen LogP) is -2.58. The van der Waals surface area contributed by atoms with E-state index in [0.29, 0.717) is 12.2 Å². The predicted molar refractivity (Wildman–Crippen MR) is 91.5 cm³/mol. The zero-order valence-corrected chi connectivity index (χ0v) is 14.0. The van der Waals surface area contributed by atoms with E-state index in [1.165, 1.54) is 11.1 Å². The molecule has 2 aliphatic rings. The fourth-order valence-electron chi connectivity index (χ4n) is 3.08. The number of nitrogens with zero attached hydrogens (tertiary/aromatic N) is 2. The number of urea groups is 1. The largest absolute Gasteiger partial charge is 0.337 e. The number of carbonyl (C=O) groups is 3. The van der Waals surface area contributed by atoms with Gasteiger partial charge in [0.1, 0.15) is 26.2 Å². The number of nitrogens with two attached hydrogens (primary N) is 1. The van der Waals surface area contributed by atoms with Gasteiger partial charge < -0.3 is 10.2 Å². The van der Waals surface area contributed by atoms with Crippen molar-refractivity contribution >= 4 is 29.7 Å². The fourth-order valence-corrected chi connectivity index (χ4v) is 3.08. The molecule has 1 atom stereocenters. The molecule has 0 saturated carbocycles. The standard InChI is InChI=1S/C17H21N5O3/c23-15-14(12-19-8-11-21-9-6-18-7-10-21)16(24)22(17(25)20-15)13-4-2-1-3-5-13/h1-5,12,14,18H,6-11H2,(H,20,23,25)/p+2/t14-/m0/s1. The Bertz CT molecular complexity index is 670. The van der Waals surface area contributed by atoms with Crippen molar-refractivity contribution in [1.29, 1.82) is 0 Å². The highest BCUT2D eigenvalue weighted by Crippen LogP contribution is 2.19. The molecule has 2 fully saturated rings. The minimum Gasteiger partial charge on any atom is -0.337 e. The van der Waals surface area contributed by atoms with Gasteiger partial charge in [0.15, 0.2) is 5.92 Å². The third kappa shape index (κ3) is 4.09. The summed E-state index contributed by atoms with van der Waals surface area (Å²) >= 11 is 0. The summed E-state index contributed by atoms with van der Waals surface area (Å²) in [6, 6.07) is 7.83. The molecule has 132 valence electrons. The number of piperazine rings is 1. The van der Waals surface area contributed by atoms with Gasteiger partial charge in [-0.1, -0.05) is 18.2 Å². The Balaban J connectivity index is 1.63. The van der Waals surface area contributed by atoms with Crippen LogP contribution in [0.5, 0.6) is 0 Å². The Labute approximate surface area is 145 Å². The van der Waals surface area contributed by atoms with E-state index in [0.717, 1.165) is 37.6 Å². The lowest BCUT2D eigenvalue weighted by Crippen LogP contribution is -3.20. The number of rotatable bonds is 5. The van der Waals surface area contributed by atoms with E-state index < -0.39 is 23.8 Å². The normalized spacial score (nSPS) is 22.5. The number of para-hydroxylation sites is 1. The molecule has 8 nitrogen and oxygen atoms in total. The molecule has 8 heteroatoms. The lowest BCUT2D eigenvalue weighted by molar-refractivity contribution is -0.945. The van der Waals surface area contributed by atoms with Crippen LogP contribution in [-0.4, -0.2) is 63.3 Å². The highest BCUT2D eigenvalue weighted by atomic mass is 16.2. The zero-order valence-electron chi connectivity index (χ0n) is 14.0. The molecule has 0 aromatic heterocycles. The molecular weight excluding hydrogens is 322 g/mol. The number of nitrogens with one attached hydrogen (secondary N) is 2. The summed E-state index contributed by atoms with van der Waals surface area (Å²) in [6.07, 6.45) is 1.37. The minimum absolute atomic E-state index is 0.435. The van der Waals surface area contributed by atoms with E-state index >= 15 is 0 Å². The molecule has 0 spiro atoms. The quantitative estimate of drug-likeness (QED) is 0.404. The molecule has 1 aromatic rings. The van der Waals surface area contributed by atoms with Crippen LogP contribution in [0.25, 0.3) is 0 Å². The van der Waals surface area contributed by atoms with Crippen LogP contribution < -0.4 is 20.4 Å². The van der Waals surface area contributed by atoms with Crippen LogP contribution in [0.4, 0.5) is 10.5 Å². The summed E-state index contributed by atoms with van der Waals surface area (Å²) < 4.78 is 0. The van der Waals surface area contributed by atoms with Gasteiger partial charge in [0.05, 0.1) is 18.8 Å². The second-order valence-corrected chi connectivity index (χ2v) is 6.20. The molecule has 2 saturated heterocycles. The number of anilines is 1. The Morgan fingerprint density at radius 3 is 2.64 bits per heavy atom. The van der Waals surface area contributed by atoms with Crippen LogP contribution in [-0.2, 0) is 9.59 Å². The van der Waals surface area contributed by atoms with Gasteiger partial charge >= 0.3 is 6.03 Å². The maximum Gasteiger partial charge on any atom is 0.335 e. The van der Waals surface area contributed by atoms with Gasteiger partial charge in [-0.05, 0) is 12.1 Å². The molecule has 0 unspecified atom stereocenters. The van der Waals surface area contributed by atoms with Gasteiger partial charge in [0.2, 0.25) is 5.91 Å². The van der Waals surface area contributed by atoms with Crippen molar-refractivity contribution in [2.45, 2.75) is 0 Å². The third-order valence-corrected chi connectivity index (χ3v) is 4.47. The molecule has 1 aromatic carbocycles. The number of barbiturate groups is 1. The van der Waals surface area contributed by atoms with E-state index in [-0.39, 0.29) is 0 Å². The van der Waals surface area contributed by atoms with Gasteiger partial charge in [-0.25, -0.2) is 9.69 Å². The summed E-state index contributed by atoms with van der Waals surface area (Å²) in [5, 5.41) is 4.52. The van der Waals surface area contributed by atoms with Crippen LogP contribution in [0.1, 0.15) is 0 Å². The van der Waals surface area contributed by atoms with E-state index in [1.807, 2.05) is 0 Å². The van der Waals surface area contributed by atoms with Gasteiger partial charge in [-0.3, -0.25) is 19.9 Å². The molecule has 2 heterocycles. The van der Waals surface area contributed by atoms with Crippen molar-refractivity contribution in [1.82, 2.24) is 5.32 Å². The number of carbonyl (C=O) groups excluding carboxylic acids is 3. The van der Waals surface area contributed by atoms with Crippen molar-refractivity contribution in [3.63, 3.8) is 0 Å². The smallest absolute Gasteiger partial charge is 0.335 e. The van der Waals surface area contributed by atoms with Crippen molar-refractivity contribution < 1.29 is 24.6 Å². The lowest BCUT2D eigenvalue weighted by Gasteiger charge is -2.28. The topological polar surface area (TPSA) is 99.9 Å². The van der Waals surface area contributed by atoms with Crippen LogP contribution in [0, 0.1) is 5.92 Å². The van der Waals surface area contributed by atoms with E-state index in [4.69, 9.17) is 0 Å². The number of benzene rings is 1. The Morgan fingerprint density at radius 1 is 1.20 bits per heavy atom. The summed E-state index contributed by atoms with van der Waals surface area (Å²) in [5.74, 6) is -2.25. The summed E-state index contributed by atoms with van der Waals surface area (Å²) in [5.41, 5.74) is 0.435. The fraction of sp³-hybridized carbons (Fsp3) is 0.412. The number of imide groups is 2. The maximum atomic E-state index is 12.6. The highest BCUT2D eigenvalue weighted by Gasteiger charge is 2.40. The zero-order chi connectivity index (χ0) is 17.6. The Morgan fingerprint density at radius 2 is 1.92 bits per heavy atom. The van der Waals surface area contributed by atoms with Gasteiger partial charge in [0, 0.05) is 6.21 Å². The molecule has 3 rings (SSSR count). The highest BCUT2D eigenvalue weighted by molar-refractivity contribution is 6.32. The summed E-state index contributed by atoms with van der Waals surface area (Å²) in [4.78, 5) is 43.4. The van der Waals surface area contributed by atoms with Crippen LogP contribution in [0.3, 0.4) is 0 Å². The molecule has 0 bridgehead atoms.